The minimum absolute atomic E-state index is 0.0152. The third-order valence-electron chi connectivity index (χ3n) is 2.82. The zero-order chi connectivity index (χ0) is 13.9. The normalized spacial score (nSPS) is 20.5. The fraction of sp³-hybridized carbons (Fsp3) is 0.333. The quantitative estimate of drug-likeness (QED) is 0.839. The van der Waals surface area contributed by atoms with Gasteiger partial charge in [-0.25, -0.2) is 13.2 Å². The summed E-state index contributed by atoms with van der Waals surface area (Å²) in [5, 5.41) is 13.9. The summed E-state index contributed by atoms with van der Waals surface area (Å²) in [7, 11) is -3.01. The number of nitrogens with one attached hydrogen (secondary N) is 2. The van der Waals surface area contributed by atoms with Crippen LogP contribution in [0.15, 0.2) is 24.3 Å². The number of urea groups is 1. The molecule has 0 aliphatic carbocycles. The molecule has 1 saturated heterocycles. The molecule has 0 bridgehead atoms. The molecule has 2 N–H and O–H groups in total. The van der Waals surface area contributed by atoms with E-state index < -0.39 is 15.9 Å². The zero-order valence-corrected chi connectivity index (χ0v) is 10.9. The number of nitriles is 1. The van der Waals surface area contributed by atoms with Crippen molar-refractivity contribution in [3.63, 3.8) is 0 Å². The SMILES string of the molecule is N#Cc1cccc(NC(=O)NC2CCS(=O)(=O)C2)c1. The largest absolute Gasteiger partial charge is 0.334 e. The summed E-state index contributed by atoms with van der Waals surface area (Å²) in [5.41, 5.74) is 0.943. The van der Waals surface area contributed by atoms with Crippen LogP contribution in [0.2, 0.25) is 0 Å². The standard InChI is InChI=1S/C12H13N3O3S/c13-7-9-2-1-3-10(6-9)14-12(16)15-11-4-5-19(17,18)8-11/h1-3,6,11H,4-5,8H2,(H2,14,15,16). The van der Waals surface area contributed by atoms with Gasteiger partial charge in [0.2, 0.25) is 0 Å². The number of nitrogens with zero attached hydrogens (tertiary/aromatic N) is 1. The second-order valence-corrected chi connectivity index (χ2v) is 6.62. The Kier molecular flexibility index (Phi) is 3.71. The lowest BCUT2D eigenvalue weighted by Crippen LogP contribution is -2.38. The first kappa shape index (κ1) is 13.4. The number of benzene rings is 1. The molecule has 1 heterocycles. The summed E-state index contributed by atoms with van der Waals surface area (Å²) in [6, 6.07) is 7.67. The average molecular weight is 279 g/mol. The molecule has 2 rings (SSSR count). The van der Waals surface area contributed by atoms with Gasteiger partial charge in [-0.15, -0.1) is 0 Å². The van der Waals surface area contributed by atoms with Crippen LogP contribution < -0.4 is 10.6 Å². The van der Waals surface area contributed by atoms with Crippen LogP contribution in [0.4, 0.5) is 10.5 Å². The van der Waals surface area contributed by atoms with E-state index in [2.05, 4.69) is 10.6 Å². The predicted octanol–water partition coefficient (Wildman–Crippen LogP) is 0.867. The van der Waals surface area contributed by atoms with Gasteiger partial charge in [0.15, 0.2) is 9.84 Å². The van der Waals surface area contributed by atoms with Gasteiger partial charge in [-0.3, -0.25) is 0 Å². The van der Waals surface area contributed by atoms with E-state index in [1.165, 1.54) is 0 Å². The highest BCUT2D eigenvalue weighted by molar-refractivity contribution is 7.91. The van der Waals surface area contributed by atoms with Gasteiger partial charge < -0.3 is 10.6 Å². The summed E-state index contributed by atoms with van der Waals surface area (Å²) in [5.74, 6) is 0.0977. The molecule has 0 spiro atoms. The fourth-order valence-electron chi connectivity index (χ4n) is 1.93. The number of carbonyl (C=O) groups excluding carboxylic acids is 1. The molecule has 0 saturated carbocycles. The van der Waals surface area contributed by atoms with Gasteiger partial charge in [-0.2, -0.15) is 5.26 Å². The molecule has 1 aromatic rings. The van der Waals surface area contributed by atoms with Crippen molar-refractivity contribution < 1.29 is 13.2 Å². The second kappa shape index (κ2) is 5.28. The van der Waals surface area contributed by atoms with E-state index in [1.807, 2.05) is 6.07 Å². The van der Waals surface area contributed by atoms with Crippen molar-refractivity contribution in [1.29, 1.82) is 5.26 Å². The van der Waals surface area contributed by atoms with Gasteiger partial charge in [0.05, 0.1) is 23.1 Å². The predicted molar refractivity (Wildman–Crippen MR) is 70.4 cm³/mol. The Bertz CT molecular complexity index is 634. The van der Waals surface area contributed by atoms with E-state index >= 15 is 0 Å². The fourth-order valence-corrected chi connectivity index (χ4v) is 3.60. The third-order valence-corrected chi connectivity index (χ3v) is 4.59. The number of amides is 2. The molecule has 1 unspecified atom stereocenters. The maximum absolute atomic E-state index is 11.7. The number of rotatable bonds is 2. The van der Waals surface area contributed by atoms with E-state index in [4.69, 9.17) is 5.26 Å². The van der Waals surface area contributed by atoms with E-state index in [9.17, 15) is 13.2 Å². The highest BCUT2D eigenvalue weighted by Crippen LogP contribution is 2.12. The van der Waals surface area contributed by atoms with Crippen LogP contribution in [0.25, 0.3) is 0 Å². The lowest BCUT2D eigenvalue weighted by Gasteiger charge is -2.12. The summed E-state index contributed by atoms with van der Waals surface area (Å²) in [6.45, 7) is 0. The van der Waals surface area contributed by atoms with Crippen LogP contribution in [-0.4, -0.2) is 32.0 Å². The Morgan fingerprint density at radius 2 is 2.21 bits per heavy atom. The number of hydrogen-bond acceptors (Lipinski definition) is 4. The smallest absolute Gasteiger partial charge is 0.319 e. The molecule has 0 aromatic heterocycles. The number of carbonyl (C=O) groups is 1. The maximum atomic E-state index is 11.7. The van der Waals surface area contributed by atoms with E-state index in [-0.39, 0.29) is 17.5 Å². The van der Waals surface area contributed by atoms with Crippen LogP contribution >= 0.6 is 0 Å². The molecule has 1 aliphatic heterocycles. The summed E-state index contributed by atoms with van der Waals surface area (Å²) < 4.78 is 22.5. The van der Waals surface area contributed by atoms with E-state index in [0.29, 0.717) is 17.7 Å². The van der Waals surface area contributed by atoms with Crippen molar-refractivity contribution in [2.24, 2.45) is 0 Å². The first-order valence-corrected chi connectivity index (χ1v) is 7.59. The Morgan fingerprint density at radius 3 is 2.84 bits per heavy atom. The van der Waals surface area contributed by atoms with Crippen LogP contribution in [0, 0.1) is 11.3 Å². The molecule has 1 aliphatic rings. The van der Waals surface area contributed by atoms with Crippen LogP contribution in [0.5, 0.6) is 0 Å². The molecule has 1 fully saturated rings. The lowest BCUT2D eigenvalue weighted by molar-refractivity contribution is 0.249. The number of hydrogen-bond donors (Lipinski definition) is 2. The number of sulfone groups is 1. The van der Waals surface area contributed by atoms with Crippen LogP contribution in [0.1, 0.15) is 12.0 Å². The van der Waals surface area contributed by atoms with Crippen LogP contribution in [0.3, 0.4) is 0 Å². The van der Waals surface area contributed by atoms with Crippen molar-refractivity contribution in [2.45, 2.75) is 12.5 Å². The Balaban J connectivity index is 1.93. The summed E-state index contributed by atoms with van der Waals surface area (Å²) in [4.78, 5) is 11.7. The first-order valence-electron chi connectivity index (χ1n) is 5.76. The molecule has 100 valence electrons. The summed E-state index contributed by atoms with van der Waals surface area (Å²) >= 11 is 0. The molecular weight excluding hydrogens is 266 g/mol. The molecule has 6 nitrogen and oxygen atoms in total. The van der Waals surface area contributed by atoms with Crippen LogP contribution in [-0.2, 0) is 9.84 Å². The molecule has 1 aromatic carbocycles. The minimum atomic E-state index is -3.01. The van der Waals surface area contributed by atoms with Crippen molar-refractivity contribution in [3.8, 4) is 6.07 Å². The lowest BCUT2D eigenvalue weighted by atomic mass is 10.2. The molecular formula is C12H13N3O3S. The van der Waals surface area contributed by atoms with E-state index in [1.54, 1.807) is 24.3 Å². The van der Waals surface area contributed by atoms with Crippen molar-refractivity contribution in [2.75, 3.05) is 16.8 Å². The zero-order valence-electron chi connectivity index (χ0n) is 10.1. The van der Waals surface area contributed by atoms with Gasteiger partial charge in [-0.05, 0) is 24.6 Å². The van der Waals surface area contributed by atoms with Crippen molar-refractivity contribution >= 4 is 21.6 Å². The topological polar surface area (TPSA) is 99.1 Å². The van der Waals surface area contributed by atoms with E-state index in [0.717, 1.165) is 0 Å². The molecule has 19 heavy (non-hydrogen) atoms. The summed E-state index contributed by atoms with van der Waals surface area (Å²) in [6.07, 6.45) is 0.438. The van der Waals surface area contributed by atoms with Crippen molar-refractivity contribution in [3.05, 3.63) is 29.8 Å². The average Bonchev–Trinajstić information content (AvgIpc) is 2.68. The van der Waals surface area contributed by atoms with Gasteiger partial charge >= 0.3 is 6.03 Å². The molecule has 2 amide bonds. The highest BCUT2D eigenvalue weighted by atomic mass is 32.2. The first-order chi connectivity index (χ1) is 8.98. The molecule has 0 radical (unpaired) electrons. The third kappa shape index (κ3) is 3.69. The molecule has 1 atom stereocenters. The van der Waals surface area contributed by atoms with Gasteiger partial charge in [0.25, 0.3) is 0 Å². The maximum Gasteiger partial charge on any atom is 0.319 e. The Hall–Kier alpha value is -2.07. The van der Waals surface area contributed by atoms with Gasteiger partial charge in [0, 0.05) is 11.7 Å². The molecule has 7 heteroatoms. The van der Waals surface area contributed by atoms with Crippen molar-refractivity contribution in [1.82, 2.24) is 5.32 Å². The monoisotopic (exact) mass is 279 g/mol. The highest BCUT2D eigenvalue weighted by Gasteiger charge is 2.28. The number of anilines is 1. The van der Waals surface area contributed by atoms with Gasteiger partial charge in [0.1, 0.15) is 0 Å². The second-order valence-electron chi connectivity index (χ2n) is 4.39. The Morgan fingerprint density at radius 1 is 1.42 bits per heavy atom. The van der Waals surface area contributed by atoms with Gasteiger partial charge in [-0.1, -0.05) is 6.07 Å². The minimum Gasteiger partial charge on any atom is -0.334 e. The Labute approximate surface area is 111 Å².